The predicted molar refractivity (Wildman–Crippen MR) is 67.8 cm³/mol. The Balaban J connectivity index is 1.84. The molecule has 0 aromatic heterocycles. The zero-order chi connectivity index (χ0) is 13.9. The van der Waals surface area contributed by atoms with Gasteiger partial charge in [-0.05, 0) is 19.4 Å². The van der Waals surface area contributed by atoms with Crippen LogP contribution in [0.1, 0.15) is 44.9 Å². The molecule has 0 aromatic rings. The van der Waals surface area contributed by atoms with Crippen molar-refractivity contribution >= 4 is 11.9 Å². The topological polar surface area (TPSA) is 105 Å². The van der Waals surface area contributed by atoms with E-state index >= 15 is 0 Å². The van der Waals surface area contributed by atoms with Crippen LogP contribution in [0.3, 0.4) is 0 Å². The van der Waals surface area contributed by atoms with Crippen molar-refractivity contribution in [1.29, 1.82) is 0 Å². The molecule has 3 unspecified atom stereocenters. The normalized spacial score (nSPS) is 31.6. The van der Waals surface area contributed by atoms with Crippen LogP contribution in [0.2, 0.25) is 0 Å². The number of carbonyl (C=O) groups excluding carboxylic acids is 2. The Bertz CT molecular complexity index is 361. The Morgan fingerprint density at radius 3 is 2.68 bits per heavy atom. The first kappa shape index (κ1) is 14.3. The van der Waals surface area contributed by atoms with Crippen molar-refractivity contribution in [2.24, 2.45) is 17.4 Å². The van der Waals surface area contributed by atoms with Gasteiger partial charge in [-0.2, -0.15) is 0 Å². The molecule has 0 bridgehead atoms. The van der Waals surface area contributed by atoms with E-state index in [0.29, 0.717) is 25.8 Å². The zero-order valence-corrected chi connectivity index (χ0v) is 11.1. The molecule has 2 fully saturated rings. The number of carbonyl (C=O) groups is 2. The molecule has 2 aliphatic heterocycles. The van der Waals surface area contributed by atoms with Gasteiger partial charge in [-0.25, -0.2) is 0 Å². The van der Waals surface area contributed by atoms with Gasteiger partial charge >= 0.3 is 11.9 Å². The molecule has 6 heteroatoms. The van der Waals surface area contributed by atoms with Crippen LogP contribution in [0.4, 0.5) is 0 Å². The van der Waals surface area contributed by atoms with Gasteiger partial charge in [0.1, 0.15) is 0 Å². The molecular weight excluding hydrogens is 248 g/mol. The minimum absolute atomic E-state index is 0.232. The molecule has 0 saturated carbocycles. The van der Waals surface area contributed by atoms with Gasteiger partial charge in [0.25, 0.3) is 5.79 Å². The largest absolute Gasteiger partial charge is 0.422 e. The smallest absolute Gasteiger partial charge is 0.314 e. The number of nitrogens with two attached hydrogens (primary N) is 2. The van der Waals surface area contributed by atoms with Crippen molar-refractivity contribution in [3.63, 3.8) is 0 Å². The Morgan fingerprint density at radius 1 is 1.26 bits per heavy atom. The van der Waals surface area contributed by atoms with E-state index in [0.717, 1.165) is 25.7 Å². The maximum Gasteiger partial charge on any atom is 0.314 e. The lowest BCUT2D eigenvalue weighted by molar-refractivity contribution is -0.197. The highest BCUT2D eigenvalue weighted by molar-refractivity contribution is 5.78. The van der Waals surface area contributed by atoms with Crippen molar-refractivity contribution in [2.45, 2.75) is 56.8 Å². The average Bonchev–Trinajstić information content (AvgIpc) is 2.88. The molecular formula is C13H22N2O4. The van der Waals surface area contributed by atoms with Gasteiger partial charge in [-0.15, -0.1) is 0 Å². The van der Waals surface area contributed by atoms with Gasteiger partial charge in [0.2, 0.25) is 0 Å². The van der Waals surface area contributed by atoms with E-state index in [2.05, 4.69) is 0 Å². The highest BCUT2D eigenvalue weighted by atomic mass is 16.7. The summed E-state index contributed by atoms with van der Waals surface area (Å²) in [4.78, 5) is 23.0. The third-order valence-electron chi connectivity index (χ3n) is 3.89. The molecule has 3 atom stereocenters. The van der Waals surface area contributed by atoms with E-state index < -0.39 is 5.79 Å². The van der Waals surface area contributed by atoms with E-state index in [4.69, 9.17) is 20.9 Å². The van der Waals surface area contributed by atoms with Gasteiger partial charge in [-0.3, -0.25) is 9.59 Å². The van der Waals surface area contributed by atoms with Crippen LogP contribution >= 0.6 is 0 Å². The SMILES string of the molecule is NCCCCCC(N)C1CC2(CCC(=O)O2)OC1=O. The van der Waals surface area contributed by atoms with Gasteiger partial charge in [-0.1, -0.05) is 12.8 Å². The molecule has 19 heavy (non-hydrogen) atoms. The number of unbranched alkanes of at least 4 members (excludes halogenated alkanes) is 2. The Hall–Kier alpha value is -1.14. The van der Waals surface area contributed by atoms with Crippen molar-refractivity contribution in [2.75, 3.05) is 6.54 Å². The quantitative estimate of drug-likeness (QED) is 0.535. The van der Waals surface area contributed by atoms with Gasteiger partial charge in [0.15, 0.2) is 0 Å². The van der Waals surface area contributed by atoms with E-state index in [1.165, 1.54) is 0 Å². The molecule has 1 spiro atoms. The van der Waals surface area contributed by atoms with Crippen molar-refractivity contribution < 1.29 is 19.1 Å². The number of hydrogen-bond acceptors (Lipinski definition) is 6. The maximum atomic E-state index is 11.9. The van der Waals surface area contributed by atoms with Crippen LogP contribution in [0, 0.1) is 5.92 Å². The first-order valence-electron chi connectivity index (χ1n) is 6.97. The standard InChI is InChI=1S/C13H22N2O4/c14-7-3-1-2-4-10(15)9-8-13(19-12(9)17)6-5-11(16)18-13/h9-10H,1-8,14-15H2. The van der Waals surface area contributed by atoms with Crippen LogP contribution in [-0.2, 0) is 19.1 Å². The fraction of sp³-hybridized carbons (Fsp3) is 0.846. The second kappa shape index (κ2) is 5.88. The minimum Gasteiger partial charge on any atom is -0.422 e. The summed E-state index contributed by atoms with van der Waals surface area (Å²) in [5.41, 5.74) is 11.5. The van der Waals surface area contributed by atoms with Crippen LogP contribution in [0.25, 0.3) is 0 Å². The highest BCUT2D eigenvalue weighted by Crippen LogP contribution is 2.41. The Kier molecular flexibility index (Phi) is 4.42. The van der Waals surface area contributed by atoms with E-state index in [-0.39, 0.29) is 23.9 Å². The molecule has 4 N–H and O–H groups in total. The third kappa shape index (κ3) is 3.25. The zero-order valence-electron chi connectivity index (χ0n) is 11.1. The van der Waals surface area contributed by atoms with E-state index in [9.17, 15) is 9.59 Å². The fourth-order valence-corrected chi connectivity index (χ4v) is 2.77. The lowest BCUT2D eigenvalue weighted by atomic mass is 9.91. The van der Waals surface area contributed by atoms with Crippen molar-refractivity contribution in [3.05, 3.63) is 0 Å². The van der Waals surface area contributed by atoms with E-state index in [1.54, 1.807) is 0 Å². The summed E-state index contributed by atoms with van der Waals surface area (Å²) in [7, 11) is 0. The minimum atomic E-state index is -1.02. The van der Waals surface area contributed by atoms with Crippen LogP contribution < -0.4 is 11.5 Å². The highest BCUT2D eigenvalue weighted by Gasteiger charge is 2.54. The van der Waals surface area contributed by atoms with Gasteiger partial charge in [0, 0.05) is 18.9 Å². The second-order valence-corrected chi connectivity index (χ2v) is 5.42. The molecule has 2 aliphatic rings. The lowest BCUT2D eigenvalue weighted by Crippen LogP contribution is -2.33. The molecule has 0 aromatic carbocycles. The van der Waals surface area contributed by atoms with Crippen molar-refractivity contribution in [1.82, 2.24) is 0 Å². The molecule has 2 heterocycles. The molecule has 2 saturated heterocycles. The summed E-state index contributed by atoms with van der Waals surface area (Å²) >= 11 is 0. The number of esters is 2. The average molecular weight is 270 g/mol. The van der Waals surface area contributed by atoms with E-state index in [1.807, 2.05) is 0 Å². The Morgan fingerprint density at radius 2 is 2.05 bits per heavy atom. The first-order valence-corrected chi connectivity index (χ1v) is 6.97. The summed E-state index contributed by atoms with van der Waals surface area (Å²) in [5, 5.41) is 0. The molecule has 108 valence electrons. The number of ether oxygens (including phenoxy) is 2. The molecule has 0 amide bonds. The molecule has 2 rings (SSSR count). The molecule has 0 aliphatic carbocycles. The summed E-state index contributed by atoms with van der Waals surface area (Å²) < 4.78 is 10.4. The fourth-order valence-electron chi connectivity index (χ4n) is 2.77. The second-order valence-electron chi connectivity index (χ2n) is 5.42. The van der Waals surface area contributed by atoms with Crippen molar-refractivity contribution in [3.8, 4) is 0 Å². The number of hydrogen-bond donors (Lipinski definition) is 2. The summed E-state index contributed by atoms with van der Waals surface area (Å²) in [6.07, 6.45) is 4.88. The molecule has 6 nitrogen and oxygen atoms in total. The Labute approximate surface area is 112 Å². The third-order valence-corrected chi connectivity index (χ3v) is 3.89. The summed E-state index contributed by atoms with van der Waals surface area (Å²) in [6.45, 7) is 0.680. The first-order chi connectivity index (χ1) is 9.06. The predicted octanol–water partition coefficient (Wildman–Crippen LogP) is 0.429. The number of rotatable bonds is 6. The monoisotopic (exact) mass is 270 g/mol. The molecule has 0 radical (unpaired) electrons. The maximum absolute atomic E-state index is 11.9. The van der Waals surface area contributed by atoms with Gasteiger partial charge < -0.3 is 20.9 Å². The van der Waals surface area contributed by atoms with Crippen LogP contribution in [0.5, 0.6) is 0 Å². The summed E-state index contributed by atoms with van der Waals surface area (Å²) in [5.74, 6) is -2.01. The van der Waals surface area contributed by atoms with Crippen LogP contribution in [-0.4, -0.2) is 30.3 Å². The lowest BCUT2D eigenvalue weighted by Gasteiger charge is -2.20. The summed E-state index contributed by atoms with van der Waals surface area (Å²) in [6, 6.07) is -0.232. The van der Waals surface area contributed by atoms with Crippen LogP contribution in [0.15, 0.2) is 0 Å². The van der Waals surface area contributed by atoms with Gasteiger partial charge in [0.05, 0.1) is 12.3 Å².